The summed E-state index contributed by atoms with van der Waals surface area (Å²) in [6.07, 6.45) is 8.81. The molecule has 0 aromatic carbocycles. The van der Waals surface area contributed by atoms with Gasteiger partial charge in [0.25, 0.3) is 0 Å². The third-order valence-corrected chi connectivity index (χ3v) is 2.62. The fourth-order valence-corrected chi connectivity index (χ4v) is 1.57. The molecule has 0 fully saturated rings. The number of allylic oxidation sites excluding steroid dienone is 1. The van der Waals surface area contributed by atoms with Crippen LogP contribution in [0.15, 0.2) is 24.5 Å². The van der Waals surface area contributed by atoms with Crippen molar-refractivity contribution in [3.05, 3.63) is 24.5 Å². The summed E-state index contributed by atoms with van der Waals surface area (Å²) in [6, 6.07) is 0. The molecule has 0 aliphatic carbocycles. The first-order valence-electron chi connectivity index (χ1n) is 7.50. The smallest absolute Gasteiger partial charge is 0.330 e. The number of esters is 2. The summed E-state index contributed by atoms with van der Waals surface area (Å²) in [7, 11) is 1.56. The molecule has 0 spiro atoms. The molecular weight excluding hydrogens is 302 g/mol. The number of ether oxygens (including phenoxy) is 3. The second kappa shape index (κ2) is 14.6. The van der Waals surface area contributed by atoms with Crippen molar-refractivity contribution in [3.8, 4) is 0 Å². The molecule has 23 heavy (non-hydrogen) atoms. The van der Waals surface area contributed by atoms with Gasteiger partial charge in [0.05, 0.1) is 26.6 Å². The van der Waals surface area contributed by atoms with Crippen molar-refractivity contribution >= 4 is 18.3 Å². The molecule has 0 N–H and O–H groups in total. The Kier molecular flexibility index (Phi) is 13.2. The van der Waals surface area contributed by atoms with Gasteiger partial charge in [0.2, 0.25) is 6.41 Å². The number of carbonyl (C=O) groups excluding carboxylic acids is 3. The molecule has 0 aromatic rings. The van der Waals surface area contributed by atoms with Crippen LogP contribution < -0.4 is 0 Å². The van der Waals surface area contributed by atoms with Crippen LogP contribution in [-0.4, -0.2) is 56.7 Å². The van der Waals surface area contributed by atoms with E-state index in [0.717, 1.165) is 12.8 Å². The third-order valence-electron chi connectivity index (χ3n) is 2.62. The molecule has 0 bridgehead atoms. The average Bonchev–Trinajstić information content (AvgIpc) is 2.53. The molecule has 0 aromatic heterocycles. The second-order valence-corrected chi connectivity index (χ2v) is 4.49. The molecule has 0 radical (unpaired) electrons. The van der Waals surface area contributed by atoms with E-state index >= 15 is 0 Å². The first-order valence-corrected chi connectivity index (χ1v) is 7.50. The lowest BCUT2D eigenvalue weighted by molar-refractivity contribution is -0.146. The summed E-state index contributed by atoms with van der Waals surface area (Å²) in [5, 5.41) is 0. The zero-order valence-electron chi connectivity index (χ0n) is 13.7. The highest BCUT2D eigenvalue weighted by molar-refractivity contribution is 5.81. The lowest BCUT2D eigenvalue weighted by Crippen LogP contribution is -2.30. The van der Waals surface area contributed by atoms with Gasteiger partial charge in [-0.05, 0) is 25.8 Å². The van der Waals surface area contributed by atoms with Gasteiger partial charge in [-0.15, -0.1) is 0 Å². The summed E-state index contributed by atoms with van der Waals surface area (Å²) < 4.78 is 14.5. The first kappa shape index (κ1) is 20.7. The summed E-state index contributed by atoms with van der Waals surface area (Å²) in [5.74, 6) is -0.900. The molecule has 0 unspecified atom stereocenters. The highest BCUT2D eigenvalue weighted by atomic mass is 16.5. The minimum atomic E-state index is -0.478. The maximum Gasteiger partial charge on any atom is 0.330 e. The molecule has 0 aliphatic rings. The minimum Gasteiger partial charge on any atom is -0.505 e. The van der Waals surface area contributed by atoms with Crippen LogP contribution in [0.1, 0.15) is 26.2 Å². The average molecular weight is 327 g/mol. The Balaban J connectivity index is 3.82. The molecule has 0 heterocycles. The standard InChI is InChI=1S/C16H25NO6/c1-3-22-15(19)9-5-8-12-23-16(20)13-17(14-18)10-6-4-7-11-21-2/h5,7,9,11,14H,3-4,6,8,10,12-13H2,1-2H3/b9-5+,11-7+. The number of nitrogens with zero attached hydrogens (tertiary/aromatic N) is 1. The number of hydrogen-bond acceptors (Lipinski definition) is 6. The predicted octanol–water partition coefficient (Wildman–Crippen LogP) is 1.44. The van der Waals surface area contributed by atoms with Gasteiger partial charge < -0.3 is 19.1 Å². The molecule has 0 atom stereocenters. The van der Waals surface area contributed by atoms with Crippen molar-refractivity contribution < 1.29 is 28.6 Å². The van der Waals surface area contributed by atoms with Gasteiger partial charge in [-0.3, -0.25) is 9.59 Å². The topological polar surface area (TPSA) is 82.1 Å². The van der Waals surface area contributed by atoms with Gasteiger partial charge in [0, 0.05) is 19.0 Å². The lowest BCUT2D eigenvalue weighted by atomic mass is 10.3. The Bertz CT molecular complexity index is 405. The summed E-state index contributed by atoms with van der Waals surface area (Å²) in [4.78, 5) is 34.8. The molecule has 0 aliphatic heterocycles. The fourth-order valence-electron chi connectivity index (χ4n) is 1.57. The zero-order chi connectivity index (χ0) is 17.3. The zero-order valence-corrected chi connectivity index (χ0v) is 13.7. The number of amides is 1. The summed E-state index contributed by atoms with van der Waals surface area (Å²) in [5.41, 5.74) is 0. The summed E-state index contributed by atoms with van der Waals surface area (Å²) in [6.45, 7) is 2.58. The van der Waals surface area contributed by atoms with Gasteiger partial charge in [-0.1, -0.05) is 6.08 Å². The van der Waals surface area contributed by atoms with E-state index in [1.165, 1.54) is 11.0 Å². The van der Waals surface area contributed by atoms with E-state index < -0.39 is 11.9 Å². The number of hydrogen-bond donors (Lipinski definition) is 0. The minimum absolute atomic E-state index is 0.0842. The number of carbonyl (C=O) groups is 3. The predicted molar refractivity (Wildman–Crippen MR) is 84.4 cm³/mol. The van der Waals surface area contributed by atoms with Crippen molar-refractivity contribution in [1.29, 1.82) is 0 Å². The van der Waals surface area contributed by atoms with Crippen molar-refractivity contribution in [2.24, 2.45) is 0 Å². The molecule has 7 nitrogen and oxygen atoms in total. The molecule has 0 rings (SSSR count). The third kappa shape index (κ3) is 13.1. The molecule has 1 amide bonds. The Morgan fingerprint density at radius 3 is 2.57 bits per heavy atom. The molecule has 7 heteroatoms. The van der Waals surface area contributed by atoms with Crippen LogP contribution in [0.2, 0.25) is 0 Å². The Morgan fingerprint density at radius 2 is 1.91 bits per heavy atom. The maximum atomic E-state index is 11.6. The first-order chi connectivity index (χ1) is 11.1. The van der Waals surface area contributed by atoms with Crippen LogP contribution in [0, 0.1) is 0 Å². The van der Waals surface area contributed by atoms with Crippen LogP contribution in [0.5, 0.6) is 0 Å². The largest absolute Gasteiger partial charge is 0.505 e. The van der Waals surface area contributed by atoms with E-state index in [9.17, 15) is 14.4 Å². The lowest BCUT2D eigenvalue weighted by Gasteiger charge is -2.15. The van der Waals surface area contributed by atoms with Crippen molar-refractivity contribution in [2.45, 2.75) is 26.2 Å². The van der Waals surface area contributed by atoms with E-state index in [4.69, 9.17) is 14.2 Å². The Labute approximate surface area is 136 Å². The van der Waals surface area contributed by atoms with Gasteiger partial charge in [0.15, 0.2) is 0 Å². The maximum absolute atomic E-state index is 11.6. The van der Waals surface area contributed by atoms with Gasteiger partial charge in [0.1, 0.15) is 6.54 Å². The highest BCUT2D eigenvalue weighted by Gasteiger charge is 2.09. The van der Waals surface area contributed by atoms with E-state index in [0.29, 0.717) is 26.0 Å². The molecule has 0 saturated heterocycles. The van der Waals surface area contributed by atoms with E-state index in [1.807, 2.05) is 6.08 Å². The Morgan fingerprint density at radius 1 is 1.13 bits per heavy atom. The van der Waals surface area contributed by atoms with E-state index in [-0.39, 0.29) is 13.2 Å². The van der Waals surface area contributed by atoms with Crippen LogP contribution in [0.4, 0.5) is 0 Å². The number of methoxy groups -OCH3 is 1. The molecular formula is C16H25NO6. The highest BCUT2D eigenvalue weighted by Crippen LogP contribution is 1.96. The van der Waals surface area contributed by atoms with Gasteiger partial charge >= 0.3 is 11.9 Å². The van der Waals surface area contributed by atoms with E-state index in [1.54, 1.807) is 26.4 Å². The second-order valence-electron chi connectivity index (χ2n) is 4.49. The number of rotatable bonds is 13. The molecule has 130 valence electrons. The van der Waals surface area contributed by atoms with Crippen molar-refractivity contribution in [3.63, 3.8) is 0 Å². The Hall–Kier alpha value is -2.31. The SMILES string of the molecule is CCOC(=O)/C=C/CCOC(=O)CN(C=O)CCC/C=C/OC. The van der Waals surface area contributed by atoms with Crippen LogP contribution in [-0.2, 0) is 28.6 Å². The normalized spacial score (nSPS) is 10.7. The van der Waals surface area contributed by atoms with Crippen LogP contribution >= 0.6 is 0 Å². The van der Waals surface area contributed by atoms with Crippen molar-refractivity contribution in [2.75, 3.05) is 33.4 Å². The fraction of sp³-hybridized carbons (Fsp3) is 0.562. The van der Waals surface area contributed by atoms with Gasteiger partial charge in [-0.2, -0.15) is 0 Å². The van der Waals surface area contributed by atoms with Crippen molar-refractivity contribution in [1.82, 2.24) is 4.90 Å². The van der Waals surface area contributed by atoms with Crippen LogP contribution in [0.3, 0.4) is 0 Å². The monoisotopic (exact) mass is 327 g/mol. The van der Waals surface area contributed by atoms with E-state index in [2.05, 4.69) is 0 Å². The van der Waals surface area contributed by atoms with Gasteiger partial charge in [-0.25, -0.2) is 4.79 Å². The quantitative estimate of drug-likeness (QED) is 0.167. The number of unbranched alkanes of at least 4 members (excludes halogenated alkanes) is 1. The molecule has 0 saturated carbocycles. The van der Waals surface area contributed by atoms with Crippen LogP contribution in [0.25, 0.3) is 0 Å². The summed E-state index contributed by atoms with van der Waals surface area (Å²) >= 11 is 0.